The van der Waals surface area contributed by atoms with Crippen molar-refractivity contribution in [3.8, 4) is 11.5 Å². The van der Waals surface area contributed by atoms with Gasteiger partial charge in [0.25, 0.3) is 0 Å². The van der Waals surface area contributed by atoms with Crippen LogP contribution in [0.5, 0.6) is 11.5 Å². The van der Waals surface area contributed by atoms with Crippen molar-refractivity contribution < 1.29 is 9.13 Å². The second-order valence-electron chi connectivity index (χ2n) is 3.96. The van der Waals surface area contributed by atoms with Crippen LogP contribution in [-0.2, 0) is 6.54 Å². The number of hydrogen-bond acceptors (Lipinski definition) is 2. The fraction of sp³-hybridized carbons (Fsp3) is 0.143. The molecule has 0 aromatic heterocycles. The van der Waals surface area contributed by atoms with Crippen molar-refractivity contribution in [3.05, 3.63) is 57.3 Å². The summed E-state index contributed by atoms with van der Waals surface area (Å²) in [5, 5.41) is 3.14. The van der Waals surface area contributed by atoms with Gasteiger partial charge in [0.15, 0.2) is 0 Å². The zero-order chi connectivity index (χ0) is 13.8. The lowest BCUT2D eigenvalue weighted by atomic mass is 10.2. The molecule has 2 aromatic rings. The van der Waals surface area contributed by atoms with Crippen LogP contribution in [0.2, 0.25) is 5.02 Å². The third kappa shape index (κ3) is 3.69. The molecule has 0 aliphatic carbocycles. The summed E-state index contributed by atoms with van der Waals surface area (Å²) in [7, 11) is 1.85. The van der Waals surface area contributed by atoms with Crippen LogP contribution >= 0.6 is 27.5 Å². The first-order valence-electron chi connectivity index (χ1n) is 5.66. The highest BCUT2D eigenvalue weighted by Gasteiger charge is 2.07. The summed E-state index contributed by atoms with van der Waals surface area (Å²) in [4.78, 5) is 0. The summed E-state index contributed by atoms with van der Waals surface area (Å²) in [6.45, 7) is 0.665. The Bertz CT molecular complexity index is 592. The molecule has 0 atom stereocenters. The van der Waals surface area contributed by atoms with E-state index >= 15 is 0 Å². The highest BCUT2D eigenvalue weighted by atomic mass is 79.9. The van der Waals surface area contributed by atoms with Crippen LogP contribution < -0.4 is 10.1 Å². The van der Waals surface area contributed by atoms with Crippen molar-refractivity contribution in [2.75, 3.05) is 7.05 Å². The number of nitrogens with one attached hydrogen (secondary N) is 1. The first-order valence-corrected chi connectivity index (χ1v) is 6.83. The maximum atomic E-state index is 13.4. The fourth-order valence-electron chi connectivity index (χ4n) is 1.63. The van der Waals surface area contributed by atoms with Crippen molar-refractivity contribution in [1.29, 1.82) is 0 Å². The van der Waals surface area contributed by atoms with Crippen LogP contribution in [0.4, 0.5) is 4.39 Å². The van der Waals surface area contributed by atoms with Crippen molar-refractivity contribution in [1.82, 2.24) is 5.32 Å². The van der Waals surface area contributed by atoms with Gasteiger partial charge in [-0.3, -0.25) is 0 Å². The van der Waals surface area contributed by atoms with E-state index < -0.39 is 5.82 Å². The molecule has 0 fully saturated rings. The number of hydrogen-bond donors (Lipinski definition) is 1. The SMILES string of the molecule is CNCc1ccc(Br)cc1Oc1ccc(Cl)c(F)c1. The predicted octanol–water partition coefficient (Wildman–Crippen LogP) is 4.75. The summed E-state index contributed by atoms with van der Waals surface area (Å²) in [5.41, 5.74) is 0.987. The maximum absolute atomic E-state index is 13.4. The van der Waals surface area contributed by atoms with E-state index in [0.29, 0.717) is 18.0 Å². The van der Waals surface area contributed by atoms with Crippen molar-refractivity contribution in [2.24, 2.45) is 0 Å². The molecule has 5 heteroatoms. The van der Waals surface area contributed by atoms with E-state index in [1.807, 2.05) is 25.2 Å². The van der Waals surface area contributed by atoms with Crippen LogP contribution in [0.25, 0.3) is 0 Å². The highest BCUT2D eigenvalue weighted by molar-refractivity contribution is 9.10. The van der Waals surface area contributed by atoms with E-state index in [4.69, 9.17) is 16.3 Å². The van der Waals surface area contributed by atoms with Crippen LogP contribution in [0.1, 0.15) is 5.56 Å². The minimum absolute atomic E-state index is 0.0806. The third-order valence-electron chi connectivity index (χ3n) is 2.52. The standard InChI is InChI=1S/C14H12BrClFNO/c1-18-8-9-2-3-10(15)6-14(9)19-11-4-5-12(16)13(17)7-11/h2-7,18H,8H2,1H3. The smallest absolute Gasteiger partial charge is 0.145 e. The van der Waals surface area contributed by atoms with Gasteiger partial charge in [0.1, 0.15) is 17.3 Å². The largest absolute Gasteiger partial charge is 0.457 e. The van der Waals surface area contributed by atoms with Gasteiger partial charge in [-0.05, 0) is 31.3 Å². The Kier molecular flexibility index (Phi) is 4.80. The maximum Gasteiger partial charge on any atom is 0.145 e. The van der Waals surface area contributed by atoms with E-state index in [9.17, 15) is 4.39 Å². The Labute approximate surface area is 124 Å². The van der Waals surface area contributed by atoms with Gasteiger partial charge >= 0.3 is 0 Å². The van der Waals surface area contributed by atoms with E-state index in [1.165, 1.54) is 12.1 Å². The topological polar surface area (TPSA) is 21.3 Å². The second-order valence-corrected chi connectivity index (χ2v) is 5.28. The van der Waals surface area contributed by atoms with Gasteiger partial charge in [0, 0.05) is 22.6 Å². The molecule has 0 amide bonds. The molecule has 0 bridgehead atoms. The Balaban J connectivity index is 2.30. The first-order chi connectivity index (χ1) is 9.10. The lowest BCUT2D eigenvalue weighted by Gasteiger charge is -2.12. The van der Waals surface area contributed by atoms with Crippen molar-refractivity contribution >= 4 is 27.5 Å². The van der Waals surface area contributed by atoms with Crippen LogP contribution in [0, 0.1) is 5.82 Å². The second kappa shape index (κ2) is 6.37. The zero-order valence-electron chi connectivity index (χ0n) is 10.2. The molecule has 100 valence electrons. The normalized spacial score (nSPS) is 10.5. The molecule has 1 N–H and O–H groups in total. The molecule has 0 aliphatic rings. The molecule has 0 unspecified atom stereocenters. The summed E-state index contributed by atoms with van der Waals surface area (Å²) in [6.07, 6.45) is 0. The Morgan fingerprint density at radius 1 is 1.26 bits per heavy atom. The van der Waals surface area contributed by atoms with Crippen molar-refractivity contribution in [2.45, 2.75) is 6.54 Å². The van der Waals surface area contributed by atoms with Gasteiger partial charge in [0.05, 0.1) is 5.02 Å². The van der Waals surface area contributed by atoms with Gasteiger partial charge in [0.2, 0.25) is 0 Å². The molecule has 0 spiro atoms. The lowest BCUT2D eigenvalue weighted by Crippen LogP contribution is -2.06. The molecular formula is C14H12BrClFNO. The summed E-state index contributed by atoms with van der Waals surface area (Å²) < 4.78 is 20.0. The molecule has 2 aromatic carbocycles. The van der Waals surface area contributed by atoms with Gasteiger partial charge < -0.3 is 10.1 Å². The van der Waals surface area contributed by atoms with Crippen molar-refractivity contribution in [3.63, 3.8) is 0 Å². The number of rotatable bonds is 4. The fourth-order valence-corrected chi connectivity index (χ4v) is 2.08. The van der Waals surface area contributed by atoms with E-state index in [0.717, 1.165) is 10.0 Å². The summed E-state index contributed by atoms with van der Waals surface area (Å²) in [5.74, 6) is 0.590. The molecular weight excluding hydrogens is 333 g/mol. The quantitative estimate of drug-likeness (QED) is 0.864. The molecule has 0 heterocycles. The number of benzene rings is 2. The minimum atomic E-state index is -0.496. The summed E-state index contributed by atoms with van der Waals surface area (Å²) >= 11 is 9.03. The zero-order valence-corrected chi connectivity index (χ0v) is 12.6. The molecule has 0 saturated heterocycles. The van der Waals surface area contributed by atoms with E-state index in [2.05, 4.69) is 21.2 Å². The molecule has 0 aliphatic heterocycles. The Hall–Kier alpha value is -1.10. The van der Waals surface area contributed by atoms with Gasteiger partial charge in [-0.15, -0.1) is 0 Å². The monoisotopic (exact) mass is 343 g/mol. The third-order valence-corrected chi connectivity index (χ3v) is 3.32. The van der Waals surface area contributed by atoms with E-state index in [-0.39, 0.29) is 5.02 Å². The molecule has 0 saturated carbocycles. The Morgan fingerprint density at radius 3 is 2.74 bits per heavy atom. The van der Waals surface area contributed by atoms with Crippen LogP contribution in [0.3, 0.4) is 0 Å². The molecule has 19 heavy (non-hydrogen) atoms. The van der Waals surface area contributed by atoms with Gasteiger partial charge in [-0.2, -0.15) is 0 Å². The average Bonchev–Trinajstić information content (AvgIpc) is 2.37. The van der Waals surface area contributed by atoms with Crippen LogP contribution in [0.15, 0.2) is 40.9 Å². The first kappa shape index (κ1) is 14.3. The average molecular weight is 345 g/mol. The molecule has 2 nitrogen and oxygen atoms in total. The van der Waals surface area contributed by atoms with Gasteiger partial charge in [-0.25, -0.2) is 4.39 Å². The van der Waals surface area contributed by atoms with Gasteiger partial charge in [-0.1, -0.05) is 33.6 Å². The number of halogens is 3. The molecule has 0 radical (unpaired) electrons. The Morgan fingerprint density at radius 2 is 2.05 bits per heavy atom. The van der Waals surface area contributed by atoms with E-state index in [1.54, 1.807) is 6.07 Å². The minimum Gasteiger partial charge on any atom is -0.457 e. The van der Waals surface area contributed by atoms with Crippen LogP contribution in [-0.4, -0.2) is 7.05 Å². The summed E-state index contributed by atoms with van der Waals surface area (Å²) in [6, 6.07) is 10.1. The highest BCUT2D eigenvalue weighted by Crippen LogP contribution is 2.30. The lowest BCUT2D eigenvalue weighted by molar-refractivity contribution is 0.468. The molecule has 2 rings (SSSR count). The number of ether oxygens (including phenoxy) is 1. The predicted molar refractivity (Wildman–Crippen MR) is 78.4 cm³/mol.